The molecular weight excluding hydrogens is 329 g/mol. The largest absolute Gasteiger partial charge is 0.330 e. The smallest absolute Gasteiger partial charge is 0.164 e. The van der Waals surface area contributed by atoms with Crippen molar-refractivity contribution in [3.8, 4) is 0 Å². The minimum absolute atomic E-state index is 0.0700. The molecule has 128 valence electrons. The molecule has 1 aromatic carbocycles. The van der Waals surface area contributed by atoms with Crippen LogP contribution in [0.4, 0.5) is 0 Å². The molecule has 0 amide bonds. The summed E-state index contributed by atoms with van der Waals surface area (Å²) in [6.07, 6.45) is 7.92. The maximum Gasteiger partial charge on any atom is 0.164 e. The molecule has 0 fully saturated rings. The van der Waals surface area contributed by atoms with Crippen LogP contribution < -0.4 is 0 Å². The minimum Gasteiger partial charge on any atom is -0.330 e. The standard InChI is InChI=1S/C19H28Cl2NO/c1-5-6-7-8-16(14-22(2,3)4)19(23)12-10-15-9-11-17(20)18(21)13-15/h9-13,16H,5-8,14H2,1-4H3/q+1/b12-10-/t16-/m1/s1. The SMILES string of the molecule is CCCCC[C@H](C[N+](C)(C)C)C(=O)/C=C\c1ccc(Cl)c(Cl)c1. The number of hydrogen-bond acceptors (Lipinski definition) is 1. The molecule has 0 saturated carbocycles. The second-order valence-electron chi connectivity index (χ2n) is 7.07. The molecule has 0 aromatic heterocycles. The van der Waals surface area contributed by atoms with Crippen LogP contribution in [-0.4, -0.2) is 38.0 Å². The highest BCUT2D eigenvalue weighted by atomic mass is 35.5. The Hall–Kier alpha value is -0.830. The fraction of sp³-hybridized carbons (Fsp3) is 0.526. The van der Waals surface area contributed by atoms with E-state index < -0.39 is 0 Å². The molecule has 0 unspecified atom stereocenters. The molecule has 0 aliphatic carbocycles. The van der Waals surface area contributed by atoms with E-state index in [1.54, 1.807) is 18.2 Å². The van der Waals surface area contributed by atoms with E-state index in [1.165, 1.54) is 12.8 Å². The third kappa shape index (κ3) is 8.01. The van der Waals surface area contributed by atoms with Crippen molar-refractivity contribution >= 4 is 35.1 Å². The van der Waals surface area contributed by atoms with Gasteiger partial charge in [-0.15, -0.1) is 0 Å². The highest BCUT2D eigenvalue weighted by molar-refractivity contribution is 6.42. The number of halogens is 2. The summed E-state index contributed by atoms with van der Waals surface area (Å²) in [4.78, 5) is 12.6. The van der Waals surface area contributed by atoms with Crippen LogP contribution in [-0.2, 0) is 4.79 Å². The molecule has 0 aliphatic rings. The zero-order chi connectivity index (χ0) is 17.5. The van der Waals surface area contributed by atoms with E-state index in [9.17, 15) is 4.79 Å². The molecule has 1 atom stereocenters. The summed E-state index contributed by atoms with van der Waals surface area (Å²) in [5.74, 6) is 0.265. The van der Waals surface area contributed by atoms with Gasteiger partial charge in [0, 0.05) is 0 Å². The number of nitrogens with zero attached hydrogens (tertiary/aromatic N) is 1. The summed E-state index contributed by atoms with van der Waals surface area (Å²) in [5.41, 5.74) is 0.894. The first-order valence-corrected chi connectivity index (χ1v) is 8.96. The molecule has 4 heteroatoms. The predicted octanol–water partition coefficient (Wildman–Crippen LogP) is 5.48. The quantitative estimate of drug-likeness (QED) is 0.325. The van der Waals surface area contributed by atoms with E-state index in [1.807, 2.05) is 12.1 Å². The van der Waals surface area contributed by atoms with Gasteiger partial charge < -0.3 is 4.48 Å². The maximum atomic E-state index is 12.6. The first-order valence-electron chi connectivity index (χ1n) is 8.20. The first-order chi connectivity index (χ1) is 10.7. The number of carbonyl (C=O) groups is 1. The third-order valence-electron chi connectivity index (χ3n) is 3.71. The van der Waals surface area contributed by atoms with Crippen LogP contribution in [0.1, 0.15) is 38.2 Å². The lowest BCUT2D eigenvalue weighted by atomic mass is 9.95. The maximum absolute atomic E-state index is 12.6. The molecule has 23 heavy (non-hydrogen) atoms. The van der Waals surface area contributed by atoms with Crippen molar-refractivity contribution in [1.82, 2.24) is 0 Å². The Morgan fingerprint density at radius 1 is 1.17 bits per heavy atom. The van der Waals surface area contributed by atoms with Crippen LogP contribution in [0.2, 0.25) is 10.0 Å². The fourth-order valence-corrected chi connectivity index (χ4v) is 2.86. The van der Waals surface area contributed by atoms with Crippen LogP contribution in [0.3, 0.4) is 0 Å². The molecular formula is C19H28Cl2NO+. The van der Waals surface area contributed by atoms with Gasteiger partial charge in [-0.25, -0.2) is 0 Å². The van der Waals surface area contributed by atoms with Gasteiger partial charge in [-0.2, -0.15) is 0 Å². The molecule has 0 heterocycles. The van der Waals surface area contributed by atoms with Gasteiger partial charge >= 0.3 is 0 Å². The van der Waals surface area contributed by atoms with Gasteiger partial charge in [-0.3, -0.25) is 4.79 Å². The molecule has 1 rings (SSSR count). The Morgan fingerprint density at radius 2 is 1.87 bits per heavy atom. The number of benzene rings is 1. The average molecular weight is 357 g/mol. The van der Waals surface area contributed by atoms with Crippen molar-refractivity contribution in [1.29, 1.82) is 0 Å². The number of unbranched alkanes of at least 4 members (excludes halogenated alkanes) is 2. The highest BCUT2D eigenvalue weighted by Crippen LogP contribution is 2.23. The van der Waals surface area contributed by atoms with Gasteiger partial charge in [0.15, 0.2) is 5.78 Å². The van der Waals surface area contributed by atoms with E-state index >= 15 is 0 Å². The van der Waals surface area contributed by atoms with Crippen LogP contribution in [0.25, 0.3) is 6.08 Å². The third-order valence-corrected chi connectivity index (χ3v) is 4.45. The number of ketones is 1. The van der Waals surface area contributed by atoms with Crippen LogP contribution in [0.15, 0.2) is 24.3 Å². The Labute approximate surface area is 150 Å². The Bertz CT molecular complexity index is 547. The normalized spacial score (nSPS) is 13.5. The summed E-state index contributed by atoms with van der Waals surface area (Å²) in [6, 6.07) is 5.39. The second-order valence-corrected chi connectivity index (χ2v) is 7.89. The highest BCUT2D eigenvalue weighted by Gasteiger charge is 2.23. The molecule has 1 aromatic rings. The molecule has 0 bridgehead atoms. The van der Waals surface area contributed by atoms with E-state index in [4.69, 9.17) is 23.2 Å². The fourth-order valence-electron chi connectivity index (χ4n) is 2.56. The van der Waals surface area contributed by atoms with Crippen molar-refractivity contribution in [2.24, 2.45) is 5.92 Å². The molecule has 0 aliphatic heterocycles. The number of carbonyl (C=O) groups excluding carboxylic acids is 1. The summed E-state index contributed by atoms with van der Waals surface area (Å²) >= 11 is 11.9. The molecule has 0 spiro atoms. The molecule has 0 saturated heterocycles. The van der Waals surface area contributed by atoms with Crippen molar-refractivity contribution in [3.63, 3.8) is 0 Å². The molecule has 0 radical (unpaired) electrons. The van der Waals surface area contributed by atoms with Gasteiger partial charge in [0.1, 0.15) is 0 Å². The van der Waals surface area contributed by atoms with E-state index in [0.717, 1.165) is 29.4 Å². The van der Waals surface area contributed by atoms with Gasteiger partial charge in [-0.1, -0.05) is 61.5 Å². The monoisotopic (exact) mass is 356 g/mol. The van der Waals surface area contributed by atoms with Gasteiger partial charge in [-0.05, 0) is 30.2 Å². The van der Waals surface area contributed by atoms with Gasteiger partial charge in [0.25, 0.3) is 0 Å². The molecule has 0 N–H and O–H groups in total. The van der Waals surface area contributed by atoms with E-state index in [-0.39, 0.29) is 11.7 Å². The van der Waals surface area contributed by atoms with E-state index in [0.29, 0.717) is 10.0 Å². The summed E-state index contributed by atoms with van der Waals surface area (Å²) in [6.45, 7) is 3.04. The van der Waals surface area contributed by atoms with E-state index in [2.05, 4.69) is 28.1 Å². The lowest BCUT2D eigenvalue weighted by Crippen LogP contribution is -2.41. The summed E-state index contributed by atoms with van der Waals surface area (Å²) in [5, 5.41) is 1.03. The van der Waals surface area contributed by atoms with Crippen molar-refractivity contribution in [2.45, 2.75) is 32.6 Å². The minimum atomic E-state index is 0.0700. The first kappa shape index (κ1) is 20.2. The van der Waals surface area contributed by atoms with Crippen LogP contribution in [0, 0.1) is 5.92 Å². The van der Waals surface area contributed by atoms with Crippen LogP contribution >= 0.6 is 23.2 Å². The second kappa shape index (κ2) is 9.46. The lowest BCUT2D eigenvalue weighted by Gasteiger charge is -2.28. The van der Waals surface area contributed by atoms with Crippen molar-refractivity contribution in [3.05, 3.63) is 39.9 Å². The Balaban J connectivity index is 2.77. The zero-order valence-corrected chi connectivity index (χ0v) is 16.1. The zero-order valence-electron chi connectivity index (χ0n) is 14.6. The average Bonchev–Trinajstić information content (AvgIpc) is 2.46. The topological polar surface area (TPSA) is 17.1 Å². The predicted molar refractivity (Wildman–Crippen MR) is 101 cm³/mol. The lowest BCUT2D eigenvalue weighted by molar-refractivity contribution is -0.872. The number of quaternary nitrogens is 1. The number of rotatable bonds is 9. The van der Waals surface area contributed by atoms with Crippen LogP contribution in [0.5, 0.6) is 0 Å². The summed E-state index contributed by atoms with van der Waals surface area (Å²) in [7, 11) is 6.38. The van der Waals surface area contributed by atoms with Gasteiger partial charge in [0.05, 0.1) is 43.7 Å². The number of allylic oxidation sites excluding steroid dienone is 1. The Morgan fingerprint density at radius 3 is 2.43 bits per heavy atom. The van der Waals surface area contributed by atoms with Crippen molar-refractivity contribution < 1.29 is 9.28 Å². The van der Waals surface area contributed by atoms with Gasteiger partial charge in [0.2, 0.25) is 0 Å². The molecule has 2 nitrogen and oxygen atoms in total. The Kier molecular flexibility index (Phi) is 8.32. The summed E-state index contributed by atoms with van der Waals surface area (Å²) < 4.78 is 0.795. The van der Waals surface area contributed by atoms with Crippen molar-refractivity contribution in [2.75, 3.05) is 27.7 Å². The number of hydrogen-bond donors (Lipinski definition) is 0.